The van der Waals surface area contributed by atoms with E-state index in [1.54, 1.807) is 25.3 Å². The van der Waals surface area contributed by atoms with E-state index in [2.05, 4.69) is 9.97 Å². The van der Waals surface area contributed by atoms with Crippen molar-refractivity contribution in [3.8, 4) is 5.88 Å². The Morgan fingerprint density at radius 1 is 1.15 bits per heavy atom. The molecule has 0 fully saturated rings. The zero-order valence-electron chi connectivity index (χ0n) is 11.6. The van der Waals surface area contributed by atoms with Gasteiger partial charge in [0.25, 0.3) is 0 Å². The molecule has 0 N–H and O–H groups in total. The van der Waals surface area contributed by atoms with Crippen molar-refractivity contribution < 1.29 is 13.9 Å². The summed E-state index contributed by atoms with van der Waals surface area (Å²) in [6, 6.07) is 8.04. The molecule has 1 aromatic carbocycles. The quantitative estimate of drug-likeness (QED) is 0.813. The molecule has 5 heteroatoms. The van der Waals surface area contributed by atoms with Crippen molar-refractivity contribution in [3.05, 3.63) is 53.2 Å². The fourth-order valence-corrected chi connectivity index (χ4v) is 1.76. The molecular weight excluding hydrogens is 259 g/mol. The van der Waals surface area contributed by atoms with Crippen molar-refractivity contribution in [2.45, 2.75) is 26.6 Å². The minimum absolute atomic E-state index is 0.268. The number of methoxy groups -OCH3 is 1. The van der Waals surface area contributed by atoms with Gasteiger partial charge in [-0.15, -0.1) is 0 Å². The number of nitrogens with zero attached hydrogens (tertiary/aromatic N) is 2. The van der Waals surface area contributed by atoms with Crippen LogP contribution in [-0.4, -0.2) is 17.1 Å². The number of hydrogen-bond acceptors (Lipinski definition) is 4. The smallest absolute Gasteiger partial charge is 0.217 e. The van der Waals surface area contributed by atoms with Crippen LogP contribution in [0.4, 0.5) is 4.39 Å². The largest absolute Gasteiger partial charge is 0.473 e. The monoisotopic (exact) mass is 276 g/mol. The molecule has 0 aliphatic rings. The van der Waals surface area contributed by atoms with Gasteiger partial charge in [-0.05, 0) is 17.7 Å². The molecule has 106 valence electrons. The number of aryl methyl sites for hydroxylation is 1. The first-order valence-corrected chi connectivity index (χ1v) is 6.44. The second-order valence-corrected chi connectivity index (χ2v) is 4.32. The molecule has 0 saturated heterocycles. The number of aromatic nitrogens is 2. The minimum Gasteiger partial charge on any atom is -0.473 e. The van der Waals surface area contributed by atoms with Crippen LogP contribution >= 0.6 is 0 Å². The van der Waals surface area contributed by atoms with Gasteiger partial charge in [-0.1, -0.05) is 19.1 Å². The normalized spacial score (nSPS) is 10.6. The highest BCUT2D eigenvalue weighted by molar-refractivity contribution is 5.19. The fraction of sp³-hybridized carbons (Fsp3) is 0.333. The average molecular weight is 276 g/mol. The summed E-state index contributed by atoms with van der Waals surface area (Å²) in [5.41, 5.74) is 1.53. The lowest BCUT2D eigenvalue weighted by Crippen LogP contribution is -2.04. The Hall–Kier alpha value is -2.01. The van der Waals surface area contributed by atoms with E-state index in [1.807, 2.05) is 6.92 Å². The van der Waals surface area contributed by atoms with Crippen LogP contribution in [0, 0.1) is 5.82 Å². The van der Waals surface area contributed by atoms with Crippen LogP contribution in [0.2, 0.25) is 0 Å². The van der Waals surface area contributed by atoms with Gasteiger partial charge in [0.2, 0.25) is 5.88 Å². The van der Waals surface area contributed by atoms with E-state index < -0.39 is 0 Å². The predicted molar refractivity (Wildman–Crippen MR) is 72.9 cm³/mol. The molecule has 0 unspecified atom stereocenters. The summed E-state index contributed by atoms with van der Waals surface area (Å²) in [4.78, 5) is 8.62. The van der Waals surface area contributed by atoms with E-state index in [9.17, 15) is 4.39 Å². The van der Waals surface area contributed by atoms with Gasteiger partial charge in [-0.3, -0.25) is 0 Å². The zero-order valence-corrected chi connectivity index (χ0v) is 11.6. The molecule has 0 aliphatic heterocycles. The Balaban J connectivity index is 2.10. The topological polar surface area (TPSA) is 44.2 Å². The van der Waals surface area contributed by atoms with E-state index in [0.29, 0.717) is 24.7 Å². The van der Waals surface area contributed by atoms with Crippen LogP contribution in [0.15, 0.2) is 30.3 Å². The van der Waals surface area contributed by atoms with Crippen molar-refractivity contribution in [2.75, 3.05) is 7.11 Å². The van der Waals surface area contributed by atoms with Crippen molar-refractivity contribution >= 4 is 0 Å². The third kappa shape index (κ3) is 3.99. The zero-order chi connectivity index (χ0) is 14.4. The molecule has 1 aromatic heterocycles. The first kappa shape index (κ1) is 14.4. The molecule has 0 saturated carbocycles. The lowest BCUT2D eigenvalue weighted by atomic mass is 10.2. The third-order valence-electron chi connectivity index (χ3n) is 2.69. The van der Waals surface area contributed by atoms with Gasteiger partial charge in [0.05, 0.1) is 12.3 Å². The number of rotatable bonds is 6. The van der Waals surface area contributed by atoms with Gasteiger partial charge in [0.1, 0.15) is 18.2 Å². The van der Waals surface area contributed by atoms with Gasteiger partial charge in [0.15, 0.2) is 0 Å². The first-order chi connectivity index (χ1) is 9.71. The second-order valence-electron chi connectivity index (χ2n) is 4.32. The lowest BCUT2D eigenvalue weighted by Gasteiger charge is -2.09. The fourth-order valence-electron chi connectivity index (χ4n) is 1.76. The average Bonchev–Trinajstić information content (AvgIpc) is 2.45. The van der Waals surface area contributed by atoms with Crippen molar-refractivity contribution in [3.63, 3.8) is 0 Å². The van der Waals surface area contributed by atoms with Crippen LogP contribution in [0.5, 0.6) is 5.88 Å². The first-order valence-electron chi connectivity index (χ1n) is 6.44. The maximum absolute atomic E-state index is 13.1. The molecule has 20 heavy (non-hydrogen) atoms. The number of benzene rings is 1. The Morgan fingerprint density at radius 3 is 2.70 bits per heavy atom. The highest BCUT2D eigenvalue weighted by Gasteiger charge is 2.05. The van der Waals surface area contributed by atoms with E-state index in [-0.39, 0.29) is 12.4 Å². The molecular formula is C15H17FN2O2. The van der Waals surface area contributed by atoms with Gasteiger partial charge in [-0.2, -0.15) is 4.98 Å². The Bertz CT molecular complexity index is 576. The third-order valence-corrected chi connectivity index (χ3v) is 2.69. The molecule has 0 radical (unpaired) electrons. The summed E-state index contributed by atoms with van der Waals surface area (Å²) >= 11 is 0. The molecule has 4 nitrogen and oxygen atoms in total. The molecule has 0 aliphatic carbocycles. The summed E-state index contributed by atoms with van der Waals surface area (Å²) in [7, 11) is 1.61. The van der Waals surface area contributed by atoms with Gasteiger partial charge >= 0.3 is 0 Å². The highest BCUT2D eigenvalue weighted by atomic mass is 19.1. The maximum Gasteiger partial charge on any atom is 0.217 e. The van der Waals surface area contributed by atoms with Crippen LogP contribution in [0.3, 0.4) is 0 Å². The van der Waals surface area contributed by atoms with Gasteiger partial charge in [-0.25, -0.2) is 9.37 Å². The standard InChI is InChI=1S/C15H17FN2O2/c1-3-14-17-13(10-19-2)8-15(18-14)20-9-11-5-4-6-12(16)7-11/h4-8H,3,9-10H2,1-2H3. The summed E-state index contributed by atoms with van der Waals surface area (Å²) in [5, 5.41) is 0. The summed E-state index contributed by atoms with van der Waals surface area (Å²) in [5.74, 6) is 0.907. The number of hydrogen-bond donors (Lipinski definition) is 0. The van der Waals surface area contributed by atoms with E-state index >= 15 is 0 Å². The van der Waals surface area contributed by atoms with Crippen molar-refractivity contribution in [2.24, 2.45) is 0 Å². The summed E-state index contributed by atoms with van der Waals surface area (Å²) < 4.78 is 23.7. The Morgan fingerprint density at radius 2 is 2.00 bits per heavy atom. The predicted octanol–water partition coefficient (Wildman–Crippen LogP) is 2.90. The molecule has 0 spiro atoms. The van der Waals surface area contributed by atoms with Gasteiger partial charge in [0, 0.05) is 19.6 Å². The SMILES string of the molecule is CCc1nc(COC)cc(OCc2cccc(F)c2)n1. The lowest BCUT2D eigenvalue weighted by molar-refractivity contribution is 0.180. The molecule has 0 amide bonds. The molecule has 0 bridgehead atoms. The molecule has 2 rings (SSSR count). The van der Waals surface area contributed by atoms with Crippen LogP contribution in [0.25, 0.3) is 0 Å². The van der Waals surface area contributed by atoms with Crippen molar-refractivity contribution in [1.29, 1.82) is 0 Å². The van der Waals surface area contributed by atoms with Crippen molar-refractivity contribution in [1.82, 2.24) is 9.97 Å². The maximum atomic E-state index is 13.1. The highest BCUT2D eigenvalue weighted by Crippen LogP contribution is 2.13. The second kappa shape index (κ2) is 6.96. The molecule has 1 heterocycles. The van der Waals surface area contributed by atoms with E-state index in [1.165, 1.54) is 12.1 Å². The minimum atomic E-state index is -0.275. The summed E-state index contributed by atoms with van der Waals surface area (Å²) in [6.45, 7) is 2.65. The number of ether oxygens (including phenoxy) is 2. The van der Waals surface area contributed by atoms with Gasteiger partial charge < -0.3 is 9.47 Å². The Labute approximate surface area is 117 Å². The molecule has 0 atom stereocenters. The molecule has 2 aromatic rings. The van der Waals surface area contributed by atoms with Crippen LogP contribution in [-0.2, 0) is 24.4 Å². The Kier molecular flexibility index (Phi) is 5.01. The van der Waals surface area contributed by atoms with Crippen LogP contribution in [0.1, 0.15) is 24.0 Å². The van der Waals surface area contributed by atoms with E-state index in [4.69, 9.17) is 9.47 Å². The van der Waals surface area contributed by atoms with Crippen LogP contribution < -0.4 is 4.74 Å². The number of halogens is 1. The summed E-state index contributed by atoms with van der Waals surface area (Å²) in [6.07, 6.45) is 0.716. The van der Waals surface area contributed by atoms with E-state index in [0.717, 1.165) is 11.3 Å².